The molecule has 2 aromatic rings. The van der Waals surface area contributed by atoms with Crippen molar-refractivity contribution >= 4 is 34.1 Å². The number of aldehydes is 1. The minimum Gasteiger partial charge on any atom is -0.370 e. The zero-order chi connectivity index (χ0) is 28.6. The van der Waals surface area contributed by atoms with E-state index in [2.05, 4.69) is 55.9 Å². The van der Waals surface area contributed by atoms with Crippen LogP contribution in [0.25, 0.3) is 0 Å². The summed E-state index contributed by atoms with van der Waals surface area (Å²) < 4.78 is 15.8. The molecular weight excluding hydrogens is 561 g/mol. The number of carbonyl (C=O) groups is 2. The molecule has 214 valence electrons. The summed E-state index contributed by atoms with van der Waals surface area (Å²) >= 11 is 3.53. The molecule has 39 heavy (non-hydrogen) atoms. The van der Waals surface area contributed by atoms with Gasteiger partial charge in [0.1, 0.15) is 12.1 Å². The van der Waals surface area contributed by atoms with Crippen molar-refractivity contribution in [3.05, 3.63) is 68.9 Å². The number of nitrogens with one attached hydrogen (secondary N) is 1. The van der Waals surface area contributed by atoms with E-state index in [1.54, 1.807) is 12.1 Å². The summed E-state index contributed by atoms with van der Waals surface area (Å²) in [5.74, 6) is -0.661. The molecule has 7 nitrogen and oxygen atoms in total. The number of piperidine rings is 1. The zero-order valence-electron chi connectivity index (χ0n) is 23.2. The van der Waals surface area contributed by atoms with Crippen LogP contribution in [-0.4, -0.2) is 56.3 Å². The van der Waals surface area contributed by atoms with Crippen molar-refractivity contribution in [2.45, 2.75) is 58.3 Å². The first kappa shape index (κ1) is 32.6. The van der Waals surface area contributed by atoms with Crippen molar-refractivity contribution in [2.24, 2.45) is 22.4 Å². The molecule has 2 aromatic carbocycles. The van der Waals surface area contributed by atoms with E-state index in [4.69, 9.17) is 5.73 Å². The lowest BCUT2D eigenvalue weighted by atomic mass is 9.95. The Morgan fingerprint density at radius 3 is 2.72 bits per heavy atom. The lowest BCUT2D eigenvalue weighted by Crippen LogP contribution is -2.37. The van der Waals surface area contributed by atoms with E-state index < -0.39 is 11.7 Å². The molecule has 1 aliphatic heterocycles. The van der Waals surface area contributed by atoms with Gasteiger partial charge in [0, 0.05) is 34.6 Å². The van der Waals surface area contributed by atoms with Gasteiger partial charge in [0.25, 0.3) is 5.91 Å². The number of benzene rings is 2. The smallest absolute Gasteiger partial charge is 0.258 e. The zero-order valence-corrected chi connectivity index (χ0v) is 24.8. The van der Waals surface area contributed by atoms with Gasteiger partial charge < -0.3 is 21.2 Å². The standard InChI is InChI=1S/C29H38BrFN4O2.CH5N/c1-2-7-22-11-13-24(30)18-23(22)12-14-25-26(9-5-10-27(25)31)28(37)34-29(32)33-15-3-4-16-35-17-6-8-21(19-35)20-36;1-2/h5,9-11,13,18,20-21H,2-4,6-8,12,14-17,19H2,1H3,(H3,32,33,34,37);2H2,1H3. The average Bonchev–Trinajstić information content (AvgIpc) is 2.94. The summed E-state index contributed by atoms with van der Waals surface area (Å²) in [5, 5.41) is 2.62. The number of rotatable bonds is 12. The molecule has 0 aromatic heterocycles. The van der Waals surface area contributed by atoms with Gasteiger partial charge in [-0.15, -0.1) is 0 Å². The molecule has 1 heterocycles. The van der Waals surface area contributed by atoms with Crippen LogP contribution in [0.3, 0.4) is 0 Å². The second kappa shape index (κ2) is 17.9. The molecule has 0 bridgehead atoms. The summed E-state index contributed by atoms with van der Waals surface area (Å²) in [4.78, 5) is 30.6. The van der Waals surface area contributed by atoms with Crippen LogP contribution in [0.5, 0.6) is 0 Å². The van der Waals surface area contributed by atoms with Gasteiger partial charge in [-0.25, -0.2) is 4.39 Å². The van der Waals surface area contributed by atoms with Gasteiger partial charge in [0.2, 0.25) is 0 Å². The van der Waals surface area contributed by atoms with Crippen LogP contribution in [0.2, 0.25) is 0 Å². The maximum Gasteiger partial charge on any atom is 0.258 e. The largest absolute Gasteiger partial charge is 0.370 e. The minimum absolute atomic E-state index is 0.0384. The molecule has 1 aliphatic rings. The van der Waals surface area contributed by atoms with Crippen molar-refractivity contribution in [3.63, 3.8) is 0 Å². The summed E-state index contributed by atoms with van der Waals surface area (Å²) in [6.07, 6.45) is 7.90. The molecule has 1 amide bonds. The fraction of sp³-hybridized carbons (Fsp3) is 0.500. The molecule has 1 atom stereocenters. The number of nitrogens with zero attached hydrogens (tertiary/aromatic N) is 2. The van der Waals surface area contributed by atoms with Crippen LogP contribution in [0.4, 0.5) is 4.39 Å². The van der Waals surface area contributed by atoms with Gasteiger partial charge in [0.05, 0.1) is 0 Å². The Hall–Kier alpha value is -2.62. The molecule has 5 N–H and O–H groups in total. The second-order valence-corrected chi connectivity index (χ2v) is 10.6. The number of aliphatic imine (C=N–C) groups is 1. The molecule has 1 unspecified atom stereocenters. The van der Waals surface area contributed by atoms with Crippen molar-refractivity contribution in [2.75, 3.05) is 33.2 Å². The molecule has 1 fully saturated rings. The first-order valence-electron chi connectivity index (χ1n) is 13.8. The molecule has 9 heteroatoms. The Kier molecular flexibility index (Phi) is 14.9. The maximum atomic E-state index is 14.8. The topological polar surface area (TPSA) is 114 Å². The van der Waals surface area contributed by atoms with Gasteiger partial charge in [-0.2, -0.15) is 0 Å². The van der Waals surface area contributed by atoms with E-state index >= 15 is 0 Å². The number of carbonyl (C=O) groups excluding carboxylic acids is 2. The Labute approximate surface area is 240 Å². The van der Waals surface area contributed by atoms with Gasteiger partial charge >= 0.3 is 0 Å². The number of likely N-dealkylation sites (tertiary alicyclic amines) is 1. The summed E-state index contributed by atoms with van der Waals surface area (Å²) in [6, 6.07) is 10.7. The number of unbranched alkanes of at least 4 members (excludes halogenated alkanes) is 1. The molecule has 0 spiro atoms. The number of guanidine groups is 1. The summed E-state index contributed by atoms with van der Waals surface area (Å²) in [6.45, 7) is 5.42. The highest BCUT2D eigenvalue weighted by molar-refractivity contribution is 9.10. The van der Waals surface area contributed by atoms with Crippen LogP contribution in [-0.2, 0) is 24.1 Å². The number of hydrogen-bond donors (Lipinski definition) is 3. The van der Waals surface area contributed by atoms with Crippen LogP contribution in [0.1, 0.15) is 66.1 Å². The van der Waals surface area contributed by atoms with E-state index in [1.165, 1.54) is 18.7 Å². The molecule has 1 saturated heterocycles. The number of hydrogen-bond acceptors (Lipinski definition) is 5. The fourth-order valence-corrected chi connectivity index (χ4v) is 5.31. The van der Waals surface area contributed by atoms with Crippen LogP contribution in [0, 0.1) is 11.7 Å². The van der Waals surface area contributed by atoms with Gasteiger partial charge in [-0.1, -0.05) is 41.4 Å². The Morgan fingerprint density at radius 2 is 1.97 bits per heavy atom. The van der Waals surface area contributed by atoms with Crippen molar-refractivity contribution in [3.8, 4) is 0 Å². The first-order valence-corrected chi connectivity index (χ1v) is 14.6. The lowest BCUT2D eigenvalue weighted by molar-refractivity contribution is -0.112. The minimum atomic E-state index is -0.452. The maximum absolute atomic E-state index is 14.8. The van der Waals surface area contributed by atoms with Crippen LogP contribution in [0.15, 0.2) is 45.9 Å². The lowest BCUT2D eigenvalue weighted by Gasteiger charge is -2.29. The highest BCUT2D eigenvalue weighted by atomic mass is 79.9. The number of nitrogens with two attached hydrogens (primary N) is 2. The highest BCUT2D eigenvalue weighted by Gasteiger charge is 2.19. The average molecular weight is 605 g/mol. The molecule has 0 radical (unpaired) electrons. The third-order valence-electron chi connectivity index (χ3n) is 6.84. The Balaban J connectivity index is 0.00000260. The van der Waals surface area contributed by atoms with E-state index in [9.17, 15) is 14.0 Å². The summed E-state index contributed by atoms with van der Waals surface area (Å²) in [7, 11) is 1.50. The van der Waals surface area contributed by atoms with Crippen LogP contribution >= 0.6 is 15.9 Å². The van der Waals surface area contributed by atoms with E-state index in [0.717, 1.165) is 74.5 Å². The summed E-state index contributed by atoms with van der Waals surface area (Å²) in [5.41, 5.74) is 13.5. The van der Waals surface area contributed by atoms with Crippen molar-refractivity contribution < 1.29 is 14.0 Å². The number of amides is 1. The third kappa shape index (κ3) is 10.8. The van der Waals surface area contributed by atoms with E-state index in [0.29, 0.717) is 24.9 Å². The fourth-order valence-electron chi connectivity index (χ4n) is 4.90. The quantitative estimate of drug-likeness (QED) is 0.142. The van der Waals surface area contributed by atoms with Gasteiger partial charge in [-0.05, 0) is 100 Å². The Bertz CT molecular complexity index is 1100. The monoisotopic (exact) mass is 603 g/mol. The van der Waals surface area contributed by atoms with E-state index in [1.807, 2.05) is 6.07 Å². The molecular formula is C30H43BrFN5O2. The number of aryl methyl sites for hydroxylation is 2. The molecule has 0 saturated carbocycles. The predicted molar refractivity (Wildman–Crippen MR) is 160 cm³/mol. The van der Waals surface area contributed by atoms with Crippen molar-refractivity contribution in [1.29, 1.82) is 0 Å². The van der Waals surface area contributed by atoms with Crippen LogP contribution < -0.4 is 16.8 Å². The van der Waals surface area contributed by atoms with E-state index in [-0.39, 0.29) is 17.4 Å². The van der Waals surface area contributed by atoms with Gasteiger partial charge in [-0.3, -0.25) is 15.1 Å². The SMILES string of the molecule is CCCc1ccc(Br)cc1CCc1c(F)cccc1C(=O)NC(N)=NCCCCN1CCCC(C=O)C1.CN. The Morgan fingerprint density at radius 1 is 1.18 bits per heavy atom. The first-order chi connectivity index (χ1) is 18.9. The number of halogens is 2. The highest BCUT2D eigenvalue weighted by Crippen LogP contribution is 2.22. The normalized spacial score (nSPS) is 15.8. The molecule has 3 rings (SSSR count). The van der Waals surface area contributed by atoms with Crippen molar-refractivity contribution in [1.82, 2.24) is 10.2 Å². The molecule has 0 aliphatic carbocycles. The second-order valence-electron chi connectivity index (χ2n) is 9.70. The third-order valence-corrected chi connectivity index (χ3v) is 7.33. The van der Waals surface area contributed by atoms with Gasteiger partial charge in [0.15, 0.2) is 5.96 Å². The predicted octanol–water partition coefficient (Wildman–Crippen LogP) is 4.64.